The summed E-state index contributed by atoms with van der Waals surface area (Å²) in [6.45, 7) is 0.655. The summed E-state index contributed by atoms with van der Waals surface area (Å²) in [5.74, 6) is -0.331. The van der Waals surface area contributed by atoms with E-state index < -0.39 is 6.10 Å². The highest BCUT2D eigenvalue weighted by Crippen LogP contribution is 2.33. The van der Waals surface area contributed by atoms with Crippen molar-refractivity contribution in [3.63, 3.8) is 0 Å². The molecule has 3 aromatic carbocycles. The molecule has 0 aliphatic rings. The van der Waals surface area contributed by atoms with Crippen LogP contribution in [0.2, 0.25) is 0 Å². The minimum atomic E-state index is -0.672. The monoisotopic (exact) mass is 400 g/mol. The maximum Gasteiger partial charge on any atom is 0.127 e. The highest BCUT2D eigenvalue weighted by Gasteiger charge is 2.21. The molecule has 0 amide bonds. The molecule has 0 spiro atoms. The second-order valence-electron chi connectivity index (χ2n) is 7.51. The topological polar surface area (TPSA) is 38.1 Å². The van der Waals surface area contributed by atoms with Gasteiger partial charge in [0.25, 0.3) is 0 Å². The van der Waals surface area contributed by atoms with Gasteiger partial charge in [-0.2, -0.15) is 0 Å². The largest absolute Gasteiger partial charge is 0.387 e. The van der Waals surface area contributed by atoms with E-state index in [0.717, 1.165) is 16.8 Å². The third-order valence-electron chi connectivity index (χ3n) is 5.49. The maximum atomic E-state index is 14.6. The van der Waals surface area contributed by atoms with Gasteiger partial charge in [0, 0.05) is 12.5 Å². The molecular formula is C26H25FN2O. The molecule has 0 radical (unpaired) electrons. The summed E-state index contributed by atoms with van der Waals surface area (Å²) in [5, 5.41) is 10.9. The van der Waals surface area contributed by atoms with Gasteiger partial charge in [0.1, 0.15) is 5.82 Å². The highest BCUT2D eigenvalue weighted by molar-refractivity contribution is 5.33. The molecular weight excluding hydrogens is 375 g/mol. The zero-order valence-corrected chi connectivity index (χ0v) is 16.7. The number of halogens is 1. The summed E-state index contributed by atoms with van der Waals surface area (Å²) in [4.78, 5) is 4.24. The van der Waals surface area contributed by atoms with E-state index in [1.54, 1.807) is 18.6 Å². The molecule has 1 aromatic heterocycles. The van der Waals surface area contributed by atoms with Crippen LogP contribution >= 0.6 is 0 Å². The SMILES string of the molecule is OC(CCC(c1ccccc1)c1ccccc1F)c1cncn1Cc1ccccc1. The Bertz CT molecular complexity index is 1060. The second kappa shape index (κ2) is 9.51. The van der Waals surface area contributed by atoms with Crippen LogP contribution in [-0.4, -0.2) is 14.7 Å². The summed E-state index contributed by atoms with van der Waals surface area (Å²) < 4.78 is 16.5. The third-order valence-corrected chi connectivity index (χ3v) is 5.49. The Morgan fingerprint density at radius 1 is 0.833 bits per heavy atom. The van der Waals surface area contributed by atoms with E-state index in [0.29, 0.717) is 24.9 Å². The highest BCUT2D eigenvalue weighted by atomic mass is 19.1. The van der Waals surface area contributed by atoms with E-state index >= 15 is 0 Å². The van der Waals surface area contributed by atoms with Crippen molar-refractivity contribution < 1.29 is 9.50 Å². The van der Waals surface area contributed by atoms with Crippen molar-refractivity contribution >= 4 is 0 Å². The maximum absolute atomic E-state index is 14.6. The normalized spacial score (nSPS) is 13.1. The van der Waals surface area contributed by atoms with E-state index in [2.05, 4.69) is 17.1 Å². The number of imidazole rings is 1. The fourth-order valence-electron chi connectivity index (χ4n) is 3.94. The van der Waals surface area contributed by atoms with Gasteiger partial charge in [-0.3, -0.25) is 0 Å². The van der Waals surface area contributed by atoms with E-state index in [1.807, 2.05) is 65.2 Å². The van der Waals surface area contributed by atoms with Gasteiger partial charge in [-0.1, -0.05) is 78.9 Å². The minimum Gasteiger partial charge on any atom is -0.387 e. The number of hydrogen-bond acceptors (Lipinski definition) is 2. The van der Waals surface area contributed by atoms with Crippen molar-refractivity contribution in [3.8, 4) is 0 Å². The van der Waals surface area contributed by atoms with Crippen molar-refractivity contribution in [2.75, 3.05) is 0 Å². The summed E-state index contributed by atoms with van der Waals surface area (Å²) >= 11 is 0. The summed E-state index contributed by atoms with van der Waals surface area (Å²) in [5.41, 5.74) is 3.64. The van der Waals surface area contributed by atoms with Crippen molar-refractivity contribution in [2.24, 2.45) is 0 Å². The summed E-state index contributed by atoms with van der Waals surface area (Å²) in [7, 11) is 0. The lowest BCUT2D eigenvalue weighted by Crippen LogP contribution is -2.11. The van der Waals surface area contributed by atoms with Gasteiger partial charge in [0.15, 0.2) is 0 Å². The number of aromatic nitrogens is 2. The number of aliphatic hydroxyl groups excluding tert-OH is 1. The first-order valence-corrected chi connectivity index (χ1v) is 10.2. The van der Waals surface area contributed by atoms with Crippen LogP contribution in [0.3, 0.4) is 0 Å². The lowest BCUT2D eigenvalue weighted by atomic mass is 9.86. The van der Waals surface area contributed by atoms with Crippen LogP contribution < -0.4 is 0 Å². The number of benzene rings is 3. The minimum absolute atomic E-state index is 0.118. The molecule has 0 saturated carbocycles. The molecule has 0 saturated heterocycles. The van der Waals surface area contributed by atoms with Gasteiger partial charge in [-0.15, -0.1) is 0 Å². The molecule has 1 heterocycles. The van der Waals surface area contributed by atoms with Crippen LogP contribution in [0.4, 0.5) is 4.39 Å². The van der Waals surface area contributed by atoms with Crippen LogP contribution in [0.15, 0.2) is 97.5 Å². The van der Waals surface area contributed by atoms with Crippen LogP contribution in [0.1, 0.15) is 47.2 Å². The average Bonchev–Trinajstić information content (AvgIpc) is 3.24. The van der Waals surface area contributed by atoms with Gasteiger partial charge in [0.05, 0.1) is 24.3 Å². The fourth-order valence-corrected chi connectivity index (χ4v) is 3.94. The average molecular weight is 400 g/mol. The van der Waals surface area contributed by atoms with E-state index in [-0.39, 0.29) is 11.7 Å². The predicted octanol–water partition coefficient (Wildman–Crippen LogP) is 5.72. The van der Waals surface area contributed by atoms with Crippen LogP contribution in [0, 0.1) is 5.82 Å². The zero-order valence-electron chi connectivity index (χ0n) is 16.7. The van der Waals surface area contributed by atoms with Gasteiger partial charge in [-0.05, 0) is 35.6 Å². The number of nitrogens with zero attached hydrogens (tertiary/aromatic N) is 2. The lowest BCUT2D eigenvalue weighted by molar-refractivity contribution is 0.154. The Labute approximate surface area is 176 Å². The van der Waals surface area contributed by atoms with Crippen molar-refractivity contribution in [3.05, 3.63) is 126 Å². The fraction of sp³-hybridized carbons (Fsp3) is 0.192. The Balaban J connectivity index is 1.52. The van der Waals surface area contributed by atoms with Gasteiger partial charge in [-0.25, -0.2) is 9.37 Å². The van der Waals surface area contributed by atoms with E-state index in [4.69, 9.17) is 0 Å². The van der Waals surface area contributed by atoms with E-state index in [9.17, 15) is 9.50 Å². The van der Waals surface area contributed by atoms with Crippen molar-refractivity contribution in [1.82, 2.24) is 9.55 Å². The van der Waals surface area contributed by atoms with E-state index in [1.165, 1.54) is 6.07 Å². The Kier molecular flexibility index (Phi) is 6.35. The lowest BCUT2D eigenvalue weighted by Gasteiger charge is -2.21. The van der Waals surface area contributed by atoms with Crippen LogP contribution in [0.25, 0.3) is 0 Å². The Morgan fingerprint density at radius 3 is 2.23 bits per heavy atom. The molecule has 1 N–H and O–H groups in total. The first kappa shape index (κ1) is 20.0. The summed E-state index contributed by atoms with van der Waals surface area (Å²) in [6.07, 6.45) is 3.93. The molecule has 0 fully saturated rings. The van der Waals surface area contributed by atoms with Crippen LogP contribution in [0.5, 0.6) is 0 Å². The zero-order chi connectivity index (χ0) is 20.8. The van der Waals surface area contributed by atoms with Crippen LogP contribution in [-0.2, 0) is 6.54 Å². The Hall–Kier alpha value is -3.24. The molecule has 4 rings (SSSR count). The number of rotatable bonds is 8. The molecule has 4 heteroatoms. The number of hydrogen-bond donors (Lipinski definition) is 1. The predicted molar refractivity (Wildman–Crippen MR) is 117 cm³/mol. The van der Waals surface area contributed by atoms with Gasteiger partial charge >= 0.3 is 0 Å². The first-order valence-electron chi connectivity index (χ1n) is 10.2. The quantitative estimate of drug-likeness (QED) is 0.411. The van der Waals surface area contributed by atoms with Crippen molar-refractivity contribution in [2.45, 2.75) is 31.4 Å². The molecule has 4 aromatic rings. The van der Waals surface area contributed by atoms with Gasteiger partial charge in [0.2, 0.25) is 0 Å². The van der Waals surface area contributed by atoms with Crippen molar-refractivity contribution in [1.29, 1.82) is 0 Å². The smallest absolute Gasteiger partial charge is 0.127 e. The first-order chi connectivity index (χ1) is 14.7. The molecule has 0 aliphatic heterocycles. The molecule has 0 aliphatic carbocycles. The molecule has 2 unspecified atom stereocenters. The molecule has 3 nitrogen and oxygen atoms in total. The molecule has 2 atom stereocenters. The molecule has 0 bridgehead atoms. The summed E-state index contributed by atoms with van der Waals surface area (Å²) in [6, 6.07) is 26.9. The number of aliphatic hydroxyl groups is 1. The third kappa shape index (κ3) is 4.66. The Morgan fingerprint density at radius 2 is 1.50 bits per heavy atom. The van der Waals surface area contributed by atoms with Gasteiger partial charge < -0.3 is 9.67 Å². The molecule has 152 valence electrons. The molecule has 30 heavy (non-hydrogen) atoms. The standard InChI is InChI=1S/C26H25FN2O/c27-24-14-8-7-13-23(24)22(21-11-5-2-6-12-21)15-16-26(30)25-17-28-19-29(25)18-20-9-3-1-4-10-20/h1-14,17,19,22,26,30H,15-16,18H2. The second-order valence-corrected chi connectivity index (χ2v) is 7.51.